The van der Waals surface area contributed by atoms with Gasteiger partial charge in [-0.1, -0.05) is 57.3 Å². The molecule has 0 bridgehead atoms. The highest BCUT2D eigenvalue weighted by atomic mass is 35.5. The topological polar surface area (TPSA) is 46.2 Å². The molecule has 0 radical (unpaired) electrons. The van der Waals surface area contributed by atoms with E-state index in [1.807, 2.05) is 6.07 Å². The zero-order valence-electron chi connectivity index (χ0n) is 14.9. The van der Waals surface area contributed by atoms with E-state index in [4.69, 9.17) is 17.3 Å². The smallest absolute Gasteiger partial charge is 0.0480 e. The summed E-state index contributed by atoms with van der Waals surface area (Å²) in [6.07, 6.45) is 7.56. The first kappa shape index (κ1) is 18.8. The van der Waals surface area contributed by atoms with Crippen LogP contribution >= 0.6 is 11.6 Å². The lowest BCUT2D eigenvalue weighted by atomic mass is 9.69. The van der Waals surface area contributed by atoms with Gasteiger partial charge in [-0.15, -0.1) is 0 Å². The second kappa shape index (κ2) is 7.55. The number of nitrogens with two attached hydrogens (primary N) is 1. The molecular formula is C20H32ClNO. The van der Waals surface area contributed by atoms with Gasteiger partial charge in [-0.05, 0) is 54.7 Å². The van der Waals surface area contributed by atoms with Crippen LogP contribution in [0, 0.1) is 11.3 Å². The van der Waals surface area contributed by atoms with Gasteiger partial charge in [-0.25, -0.2) is 0 Å². The molecule has 0 aliphatic heterocycles. The fourth-order valence-corrected chi connectivity index (χ4v) is 4.03. The van der Waals surface area contributed by atoms with Crippen LogP contribution in [0.15, 0.2) is 18.2 Å². The Kier molecular flexibility index (Phi) is 6.16. The van der Waals surface area contributed by atoms with Gasteiger partial charge in [0.05, 0.1) is 0 Å². The largest absolute Gasteiger partial charge is 0.396 e. The Morgan fingerprint density at radius 3 is 2.65 bits per heavy atom. The Hall–Kier alpha value is -0.570. The van der Waals surface area contributed by atoms with Crippen LogP contribution in [0.4, 0.5) is 0 Å². The Labute approximate surface area is 146 Å². The highest BCUT2D eigenvalue weighted by Crippen LogP contribution is 2.40. The van der Waals surface area contributed by atoms with Crippen LogP contribution < -0.4 is 5.73 Å². The minimum atomic E-state index is -0.430. The molecule has 2 atom stereocenters. The fourth-order valence-electron chi connectivity index (χ4n) is 3.75. The van der Waals surface area contributed by atoms with Crippen LogP contribution in [0.25, 0.3) is 0 Å². The number of halogens is 1. The van der Waals surface area contributed by atoms with Crippen LogP contribution in [0.5, 0.6) is 0 Å². The Morgan fingerprint density at radius 1 is 1.30 bits per heavy atom. The van der Waals surface area contributed by atoms with Crippen molar-refractivity contribution in [2.45, 2.75) is 71.3 Å². The molecule has 1 aliphatic rings. The molecule has 0 heterocycles. The molecule has 1 unspecified atom stereocenters. The number of aliphatic hydroxyl groups excluding tert-OH is 1. The van der Waals surface area contributed by atoms with Crippen LogP contribution in [-0.4, -0.2) is 11.7 Å². The standard InChI is InChI=1S/C20H32ClNO/c1-19(2,3)11-6-7-15-9-10-16(13-18(15)21)20(22)12-5-4-8-17(20)14-23/h9-10,13,17,23H,4-8,11-12,14,22H2,1-3H3/t17?,20-/m0/s1. The SMILES string of the molecule is CC(C)(C)CCCc1ccc([C@@]2(N)CCCCC2CO)cc1Cl. The lowest BCUT2D eigenvalue weighted by molar-refractivity contribution is 0.108. The van der Waals surface area contributed by atoms with E-state index in [1.54, 1.807) is 0 Å². The monoisotopic (exact) mass is 337 g/mol. The molecule has 0 saturated heterocycles. The van der Waals surface area contributed by atoms with Crippen LogP contribution in [0.1, 0.15) is 70.4 Å². The molecule has 0 aromatic heterocycles. The molecule has 23 heavy (non-hydrogen) atoms. The summed E-state index contributed by atoms with van der Waals surface area (Å²) in [5.74, 6) is 0.138. The van der Waals surface area contributed by atoms with Gasteiger partial charge < -0.3 is 10.8 Å². The van der Waals surface area contributed by atoms with Crippen LogP contribution in [0.3, 0.4) is 0 Å². The van der Waals surface area contributed by atoms with Crippen molar-refractivity contribution in [2.24, 2.45) is 17.1 Å². The zero-order chi connectivity index (χ0) is 17.1. The molecule has 2 nitrogen and oxygen atoms in total. The van der Waals surface area contributed by atoms with Crippen LogP contribution in [0.2, 0.25) is 5.02 Å². The van der Waals surface area contributed by atoms with Gasteiger partial charge in [0.25, 0.3) is 0 Å². The van der Waals surface area contributed by atoms with E-state index < -0.39 is 5.54 Å². The number of aliphatic hydroxyl groups is 1. The quantitative estimate of drug-likeness (QED) is 0.790. The number of rotatable bonds is 5. The van der Waals surface area contributed by atoms with Gasteiger partial charge in [0.1, 0.15) is 0 Å². The summed E-state index contributed by atoms with van der Waals surface area (Å²) in [4.78, 5) is 0. The third-order valence-corrected chi connectivity index (χ3v) is 5.66. The third kappa shape index (κ3) is 4.71. The molecular weight excluding hydrogens is 306 g/mol. The van der Waals surface area contributed by atoms with Gasteiger partial charge in [0.2, 0.25) is 0 Å². The van der Waals surface area contributed by atoms with Crippen molar-refractivity contribution >= 4 is 11.6 Å². The minimum absolute atomic E-state index is 0.138. The molecule has 0 spiro atoms. The molecule has 3 N–H and O–H groups in total. The first-order valence-corrected chi connectivity index (χ1v) is 9.33. The maximum atomic E-state index is 9.69. The lowest BCUT2D eigenvalue weighted by Gasteiger charge is -2.41. The number of benzene rings is 1. The van der Waals surface area contributed by atoms with E-state index in [0.29, 0.717) is 5.41 Å². The molecule has 3 heteroatoms. The van der Waals surface area contributed by atoms with Crippen molar-refractivity contribution in [3.05, 3.63) is 34.3 Å². The molecule has 1 aromatic rings. The van der Waals surface area contributed by atoms with Crippen molar-refractivity contribution in [3.63, 3.8) is 0 Å². The maximum absolute atomic E-state index is 9.69. The van der Waals surface area contributed by atoms with Crippen molar-refractivity contribution < 1.29 is 5.11 Å². The first-order chi connectivity index (χ1) is 10.8. The summed E-state index contributed by atoms with van der Waals surface area (Å²) < 4.78 is 0. The lowest BCUT2D eigenvalue weighted by Crippen LogP contribution is -2.47. The van der Waals surface area contributed by atoms with Crippen molar-refractivity contribution in [2.75, 3.05) is 6.61 Å². The van der Waals surface area contributed by atoms with Crippen LogP contribution in [-0.2, 0) is 12.0 Å². The predicted octanol–water partition coefficient (Wildman–Crippen LogP) is 5.05. The molecule has 130 valence electrons. The number of hydrogen-bond acceptors (Lipinski definition) is 2. The Bertz CT molecular complexity index is 523. The molecule has 1 aliphatic carbocycles. The summed E-state index contributed by atoms with van der Waals surface area (Å²) in [6.45, 7) is 6.97. The highest BCUT2D eigenvalue weighted by molar-refractivity contribution is 6.31. The fraction of sp³-hybridized carbons (Fsp3) is 0.700. The maximum Gasteiger partial charge on any atom is 0.0480 e. The molecule has 1 saturated carbocycles. The second-order valence-corrected chi connectivity index (χ2v) is 8.79. The van der Waals surface area contributed by atoms with E-state index in [-0.39, 0.29) is 12.5 Å². The van der Waals surface area contributed by atoms with Gasteiger partial charge >= 0.3 is 0 Å². The van der Waals surface area contributed by atoms with E-state index in [1.165, 1.54) is 12.0 Å². The van der Waals surface area contributed by atoms with E-state index >= 15 is 0 Å². The Morgan fingerprint density at radius 2 is 2.04 bits per heavy atom. The molecule has 2 rings (SSSR count). The summed E-state index contributed by atoms with van der Waals surface area (Å²) in [6, 6.07) is 6.31. The van der Waals surface area contributed by atoms with Gasteiger partial charge in [0.15, 0.2) is 0 Å². The van der Waals surface area contributed by atoms with E-state index in [2.05, 4.69) is 32.9 Å². The summed E-state index contributed by atoms with van der Waals surface area (Å²) >= 11 is 6.53. The van der Waals surface area contributed by atoms with Crippen molar-refractivity contribution in [3.8, 4) is 0 Å². The highest BCUT2D eigenvalue weighted by Gasteiger charge is 2.38. The van der Waals surface area contributed by atoms with Gasteiger partial charge in [0, 0.05) is 23.1 Å². The Balaban J connectivity index is 2.12. The van der Waals surface area contributed by atoms with Gasteiger partial charge in [-0.2, -0.15) is 0 Å². The third-order valence-electron chi connectivity index (χ3n) is 5.31. The van der Waals surface area contributed by atoms with E-state index in [9.17, 15) is 5.11 Å². The summed E-state index contributed by atoms with van der Waals surface area (Å²) in [5.41, 5.74) is 8.92. The van der Waals surface area contributed by atoms with Gasteiger partial charge in [-0.3, -0.25) is 0 Å². The molecule has 0 amide bonds. The zero-order valence-corrected chi connectivity index (χ0v) is 15.6. The molecule has 1 fully saturated rings. The van der Waals surface area contributed by atoms with E-state index in [0.717, 1.165) is 49.1 Å². The summed E-state index contributed by atoms with van der Waals surface area (Å²) in [7, 11) is 0. The minimum Gasteiger partial charge on any atom is -0.396 e. The summed E-state index contributed by atoms with van der Waals surface area (Å²) in [5, 5.41) is 10.5. The molecule has 1 aromatic carbocycles. The number of hydrogen-bond donors (Lipinski definition) is 2. The average Bonchev–Trinajstić information content (AvgIpc) is 2.48. The predicted molar refractivity (Wildman–Crippen MR) is 98.8 cm³/mol. The van der Waals surface area contributed by atoms with Crippen molar-refractivity contribution in [1.29, 1.82) is 0 Å². The average molecular weight is 338 g/mol. The van der Waals surface area contributed by atoms with Crippen molar-refractivity contribution in [1.82, 2.24) is 0 Å². The first-order valence-electron chi connectivity index (χ1n) is 8.95. The normalized spacial score (nSPS) is 25.6. The number of aryl methyl sites for hydroxylation is 1. The second-order valence-electron chi connectivity index (χ2n) is 8.39.